The highest BCUT2D eigenvalue weighted by molar-refractivity contribution is 6.07. The summed E-state index contributed by atoms with van der Waals surface area (Å²) in [5, 5.41) is 0. The highest BCUT2D eigenvalue weighted by atomic mass is 16.6. The number of carbonyl (C=O) groups excluding carboxylic acids is 2. The average Bonchev–Trinajstić information content (AvgIpc) is 3.68. The van der Waals surface area contributed by atoms with Crippen molar-refractivity contribution in [2.45, 2.75) is 245 Å². The van der Waals surface area contributed by atoms with Crippen LogP contribution in [0.1, 0.15) is 233 Å². The van der Waals surface area contributed by atoms with Crippen molar-refractivity contribution in [2.75, 3.05) is 0 Å². The molecular weight excluding hydrogens is 554 g/mol. The first-order chi connectivity index (χ1) is 21.8. The third-order valence-electron chi connectivity index (χ3n) is 10.5. The number of unbranched alkanes of at least 4 members (excludes halogenated alkanes) is 28. The zero-order valence-corrected chi connectivity index (χ0v) is 31.0. The maximum absolute atomic E-state index is 13.4. The summed E-state index contributed by atoms with van der Waals surface area (Å²) in [7, 11) is 0. The summed E-state index contributed by atoms with van der Waals surface area (Å²) in [6.45, 7) is 8.18. The van der Waals surface area contributed by atoms with E-state index in [9.17, 15) is 9.59 Å². The lowest BCUT2D eigenvalue weighted by Gasteiger charge is -2.26. The average molecular weight is 634 g/mol. The Hall–Kier alpha value is -0.740. The zero-order chi connectivity index (χ0) is 33.1. The summed E-state index contributed by atoms with van der Waals surface area (Å²) >= 11 is 0. The van der Waals surface area contributed by atoms with Crippen molar-refractivity contribution in [2.24, 2.45) is 11.1 Å². The van der Waals surface area contributed by atoms with Gasteiger partial charge in [-0.05, 0) is 26.7 Å². The minimum absolute atomic E-state index is 0.0438. The van der Waals surface area contributed by atoms with Crippen LogP contribution in [-0.4, -0.2) is 23.4 Å². The van der Waals surface area contributed by atoms with Gasteiger partial charge in [0, 0.05) is 12.8 Å². The van der Waals surface area contributed by atoms with Gasteiger partial charge in [-0.25, -0.2) is 0 Å². The van der Waals surface area contributed by atoms with E-state index in [1.165, 1.54) is 167 Å². The molecule has 0 aromatic rings. The van der Waals surface area contributed by atoms with Crippen molar-refractivity contribution in [3.8, 4) is 0 Å². The molecule has 45 heavy (non-hydrogen) atoms. The Labute approximate surface area is 281 Å². The third-order valence-corrected chi connectivity index (χ3v) is 10.5. The number of rotatable bonds is 35. The number of nitrogens with two attached hydrogens (primary N) is 1. The van der Waals surface area contributed by atoms with Crippen molar-refractivity contribution in [3.63, 3.8) is 0 Å². The normalized spacial score (nSPS) is 18.0. The molecule has 2 unspecified atom stereocenters. The minimum atomic E-state index is -1.09. The third kappa shape index (κ3) is 20.3. The van der Waals surface area contributed by atoms with Crippen LogP contribution in [0.25, 0.3) is 0 Å². The summed E-state index contributed by atoms with van der Waals surface area (Å²) in [5.41, 5.74) is 4.27. The molecule has 4 nitrogen and oxygen atoms in total. The van der Waals surface area contributed by atoms with Crippen molar-refractivity contribution in [1.82, 2.24) is 0 Å². The number of carbonyl (C=O) groups is 2. The van der Waals surface area contributed by atoms with Gasteiger partial charge in [-0.1, -0.05) is 194 Å². The largest absolute Gasteiger partial charge is 0.349 e. The van der Waals surface area contributed by atoms with Crippen LogP contribution >= 0.6 is 0 Å². The van der Waals surface area contributed by atoms with E-state index >= 15 is 0 Å². The van der Waals surface area contributed by atoms with E-state index in [4.69, 9.17) is 10.5 Å². The highest BCUT2D eigenvalue weighted by Gasteiger charge is 2.64. The van der Waals surface area contributed by atoms with Gasteiger partial charge in [0.25, 0.3) is 0 Å². The van der Waals surface area contributed by atoms with Crippen LogP contribution in [0.4, 0.5) is 0 Å². The van der Waals surface area contributed by atoms with Gasteiger partial charge in [0.2, 0.25) is 0 Å². The first-order valence-corrected chi connectivity index (χ1v) is 20.3. The van der Waals surface area contributed by atoms with Gasteiger partial charge < -0.3 is 10.5 Å². The Morgan fingerprint density at radius 3 is 0.889 bits per heavy atom. The van der Waals surface area contributed by atoms with E-state index in [1.54, 1.807) is 6.92 Å². The topological polar surface area (TPSA) is 72.7 Å². The summed E-state index contributed by atoms with van der Waals surface area (Å²) in [5.74, 6) is 0.0876. The van der Waals surface area contributed by atoms with Crippen LogP contribution in [-0.2, 0) is 14.3 Å². The second-order valence-corrected chi connectivity index (χ2v) is 15.1. The number of epoxide rings is 1. The quantitative estimate of drug-likeness (QED) is 0.0428. The van der Waals surface area contributed by atoms with E-state index in [0.29, 0.717) is 12.8 Å². The fourth-order valence-electron chi connectivity index (χ4n) is 7.19. The summed E-state index contributed by atoms with van der Waals surface area (Å²) in [6.07, 6.45) is 39.6. The van der Waals surface area contributed by atoms with Crippen LogP contribution in [0.5, 0.6) is 0 Å². The number of ketones is 2. The molecule has 2 N–H and O–H groups in total. The van der Waals surface area contributed by atoms with Gasteiger partial charge in [-0.2, -0.15) is 0 Å². The number of Topliss-reactive ketones (excluding diaryl/α,β-unsaturated/α-hetero) is 2. The number of hydrogen-bond acceptors (Lipinski definition) is 4. The van der Waals surface area contributed by atoms with Gasteiger partial charge in [0.15, 0.2) is 0 Å². The maximum Gasteiger partial charge on any atom is 0.148 e. The molecule has 0 aromatic carbocycles. The molecule has 0 saturated carbocycles. The number of ether oxygens (including phenoxy) is 1. The predicted molar refractivity (Wildman–Crippen MR) is 195 cm³/mol. The fourth-order valence-corrected chi connectivity index (χ4v) is 7.19. The fraction of sp³-hybridized carbons (Fsp3) is 0.951. The van der Waals surface area contributed by atoms with E-state index in [-0.39, 0.29) is 11.6 Å². The Morgan fingerprint density at radius 2 is 0.689 bits per heavy atom. The molecule has 0 aliphatic carbocycles. The zero-order valence-electron chi connectivity index (χ0n) is 31.0. The monoisotopic (exact) mass is 634 g/mol. The van der Waals surface area contributed by atoms with E-state index < -0.39 is 17.2 Å². The lowest BCUT2D eigenvalue weighted by atomic mass is 9.73. The number of hydrogen-bond donors (Lipinski definition) is 1. The molecule has 0 spiro atoms. The summed E-state index contributed by atoms with van der Waals surface area (Å²) < 4.78 is 5.71. The molecule has 266 valence electrons. The smallest absolute Gasteiger partial charge is 0.148 e. The molecule has 1 fully saturated rings. The van der Waals surface area contributed by atoms with Gasteiger partial charge >= 0.3 is 0 Å². The Kier molecular flexibility index (Phi) is 25.6. The first-order valence-electron chi connectivity index (χ1n) is 20.3. The molecule has 0 aromatic heterocycles. The van der Waals surface area contributed by atoms with Gasteiger partial charge in [-0.15, -0.1) is 0 Å². The Balaban J connectivity index is 2.11. The Morgan fingerprint density at radius 1 is 0.489 bits per heavy atom. The molecule has 1 rings (SSSR count). The minimum Gasteiger partial charge on any atom is -0.349 e. The lowest BCUT2D eigenvalue weighted by Crippen LogP contribution is -2.45. The van der Waals surface area contributed by atoms with E-state index in [1.807, 2.05) is 6.92 Å². The van der Waals surface area contributed by atoms with Crippen LogP contribution < -0.4 is 5.73 Å². The lowest BCUT2D eigenvalue weighted by molar-refractivity contribution is -0.141. The first kappa shape index (κ1) is 42.3. The summed E-state index contributed by atoms with van der Waals surface area (Å²) in [6, 6.07) is 0. The molecule has 0 amide bonds. The van der Waals surface area contributed by atoms with Crippen molar-refractivity contribution in [1.29, 1.82) is 0 Å². The molecule has 2 atom stereocenters. The van der Waals surface area contributed by atoms with Crippen molar-refractivity contribution >= 4 is 11.6 Å². The molecule has 1 saturated heterocycles. The second-order valence-electron chi connectivity index (χ2n) is 15.1. The summed E-state index contributed by atoms with van der Waals surface area (Å²) in [4.78, 5) is 26.8. The second kappa shape index (κ2) is 27.2. The van der Waals surface area contributed by atoms with Crippen LogP contribution in [0.15, 0.2) is 0 Å². The molecule has 1 aliphatic rings. The van der Waals surface area contributed by atoms with Gasteiger partial charge in [-0.3, -0.25) is 9.59 Å². The van der Waals surface area contributed by atoms with Crippen LogP contribution in [0.3, 0.4) is 0 Å². The Bertz CT molecular complexity index is 672. The molecule has 0 bridgehead atoms. The van der Waals surface area contributed by atoms with Gasteiger partial charge in [0.05, 0.1) is 0 Å². The van der Waals surface area contributed by atoms with E-state index in [0.717, 1.165) is 25.7 Å². The molecule has 0 radical (unpaired) electrons. The molecule has 1 heterocycles. The van der Waals surface area contributed by atoms with Crippen LogP contribution in [0, 0.1) is 5.41 Å². The maximum atomic E-state index is 13.4. The van der Waals surface area contributed by atoms with Crippen LogP contribution in [0.2, 0.25) is 0 Å². The van der Waals surface area contributed by atoms with Crippen molar-refractivity contribution < 1.29 is 14.3 Å². The molecule has 1 aliphatic heterocycles. The van der Waals surface area contributed by atoms with Gasteiger partial charge in [0.1, 0.15) is 28.8 Å². The standard InChI is InChI=1S/C41H79NO3/c1-5-7-9-11-13-15-17-19-21-23-25-27-29-31-33-35-37(43)40(3,39-41(4,42)45-39)38(44)36-34-32-30-28-26-24-22-20-18-16-14-12-10-8-6-2/h39H,5-36,42H2,1-4H3. The highest BCUT2D eigenvalue weighted by Crippen LogP contribution is 2.46. The van der Waals surface area contributed by atoms with E-state index in [2.05, 4.69) is 13.8 Å². The van der Waals surface area contributed by atoms with Crippen molar-refractivity contribution in [3.05, 3.63) is 0 Å². The SMILES string of the molecule is CCCCCCCCCCCCCCCCCC(=O)C(C)(C(=O)CCCCCCCCCCCCCCCCC)C1OC1(C)N. The predicted octanol–water partition coefficient (Wildman–Crippen LogP) is 12.7. The molecule has 4 heteroatoms. The molecular formula is C41H79NO3.